The second-order valence-electron chi connectivity index (χ2n) is 5.41. The Kier molecular flexibility index (Phi) is 3.88. The maximum absolute atomic E-state index is 11.9. The van der Waals surface area contributed by atoms with Crippen LogP contribution in [0, 0.1) is 5.92 Å². The molecule has 1 aliphatic rings. The number of nitrogens with zero attached hydrogens (tertiary/aromatic N) is 1. The van der Waals surface area contributed by atoms with Crippen molar-refractivity contribution < 1.29 is 14.4 Å². The van der Waals surface area contributed by atoms with Gasteiger partial charge in [0.15, 0.2) is 0 Å². The Morgan fingerprint density at radius 2 is 1.85 bits per heavy atom. The van der Waals surface area contributed by atoms with Crippen molar-refractivity contribution >= 4 is 23.4 Å². The number of nitrogens with one attached hydrogen (secondary N) is 1. The minimum atomic E-state index is -0.330. The zero-order chi connectivity index (χ0) is 14.9. The molecule has 5 nitrogen and oxygen atoms in total. The number of carbonyl (C=O) groups excluding carboxylic acids is 3. The van der Waals surface area contributed by atoms with Crippen molar-refractivity contribution in [3.05, 3.63) is 29.3 Å². The van der Waals surface area contributed by atoms with E-state index in [2.05, 4.69) is 19.2 Å². The van der Waals surface area contributed by atoms with Gasteiger partial charge < -0.3 is 5.32 Å². The summed E-state index contributed by atoms with van der Waals surface area (Å²) in [6, 6.07) is 4.79. The van der Waals surface area contributed by atoms with E-state index in [1.165, 1.54) is 7.05 Å². The van der Waals surface area contributed by atoms with E-state index in [-0.39, 0.29) is 17.7 Å². The Morgan fingerprint density at radius 1 is 1.20 bits per heavy atom. The molecule has 0 spiro atoms. The molecule has 0 saturated carbocycles. The van der Waals surface area contributed by atoms with Crippen molar-refractivity contribution in [1.29, 1.82) is 0 Å². The molecule has 1 N–H and O–H groups in total. The van der Waals surface area contributed by atoms with Crippen LogP contribution in [0.1, 0.15) is 47.4 Å². The Hall–Kier alpha value is -2.17. The molecule has 0 aliphatic carbocycles. The SMILES string of the molecule is CC(C)CCC(=O)Nc1ccc2c(c1)C(=O)N(C)C2=O. The van der Waals surface area contributed by atoms with Gasteiger partial charge in [0, 0.05) is 19.2 Å². The van der Waals surface area contributed by atoms with Gasteiger partial charge in [-0.25, -0.2) is 0 Å². The molecule has 106 valence electrons. The molecule has 0 bridgehead atoms. The number of amides is 3. The predicted octanol–water partition coefficient (Wildman–Crippen LogP) is 2.29. The van der Waals surface area contributed by atoms with Crippen LogP contribution in [0.5, 0.6) is 0 Å². The average molecular weight is 274 g/mol. The van der Waals surface area contributed by atoms with Crippen LogP contribution in [0.25, 0.3) is 0 Å². The van der Waals surface area contributed by atoms with Crippen LogP contribution in [-0.4, -0.2) is 29.7 Å². The first-order chi connectivity index (χ1) is 9.40. The minimum Gasteiger partial charge on any atom is -0.326 e. The van der Waals surface area contributed by atoms with E-state index in [0.29, 0.717) is 29.2 Å². The average Bonchev–Trinajstić information content (AvgIpc) is 2.62. The topological polar surface area (TPSA) is 66.5 Å². The maximum atomic E-state index is 11.9. The van der Waals surface area contributed by atoms with Crippen LogP contribution in [0.3, 0.4) is 0 Å². The minimum absolute atomic E-state index is 0.0798. The van der Waals surface area contributed by atoms with E-state index in [4.69, 9.17) is 0 Å². The van der Waals surface area contributed by atoms with Gasteiger partial charge in [-0.2, -0.15) is 0 Å². The summed E-state index contributed by atoms with van der Waals surface area (Å²) in [5.41, 5.74) is 1.28. The van der Waals surface area contributed by atoms with Gasteiger partial charge in [-0.05, 0) is 30.5 Å². The third kappa shape index (κ3) is 2.71. The van der Waals surface area contributed by atoms with Crippen LogP contribution >= 0.6 is 0 Å². The molecule has 0 atom stereocenters. The number of fused-ring (bicyclic) bond motifs is 1. The van der Waals surface area contributed by atoms with Gasteiger partial charge in [-0.1, -0.05) is 13.8 Å². The first-order valence-electron chi connectivity index (χ1n) is 6.66. The summed E-state index contributed by atoms with van der Waals surface area (Å²) in [4.78, 5) is 36.4. The zero-order valence-electron chi connectivity index (χ0n) is 11.9. The molecule has 1 heterocycles. The fourth-order valence-electron chi connectivity index (χ4n) is 2.08. The molecule has 0 aromatic heterocycles. The molecule has 0 saturated heterocycles. The molecular formula is C15H18N2O3. The van der Waals surface area contributed by atoms with E-state index in [1.807, 2.05) is 0 Å². The Morgan fingerprint density at radius 3 is 2.50 bits per heavy atom. The molecule has 0 radical (unpaired) electrons. The second kappa shape index (κ2) is 5.45. The molecule has 1 aromatic carbocycles. The van der Waals surface area contributed by atoms with Crippen molar-refractivity contribution in [2.75, 3.05) is 12.4 Å². The third-order valence-corrected chi connectivity index (χ3v) is 3.32. The van der Waals surface area contributed by atoms with Crippen LogP contribution in [-0.2, 0) is 4.79 Å². The largest absolute Gasteiger partial charge is 0.326 e. The molecular weight excluding hydrogens is 256 g/mol. The molecule has 20 heavy (non-hydrogen) atoms. The monoisotopic (exact) mass is 274 g/mol. The van der Waals surface area contributed by atoms with E-state index >= 15 is 0 Å². The number of hydrogen-bond donors (Lipinski definition) is 1. The summed E-state index contributed by atoms with van der Waals surface area (Å²) in [7, 11) is 1.45. The fourth-order valence-corrected chi connectivity index (χ4v) is 2.08. The summed E-state index contributed by atoms with van der Waals surface area (Å²) in [6.07, 6.45) is 1.26. The van der Waals surface area contributed by atoms with Gasteiger partial charge in [-0.15, -0.1) is 0 Å². The first-order valence-corrected chi connectivity index (χ1v) is 6.66. The Bertz CT molecular complexity index is 578. The Balaban J connectivity index is 2.11. The number of hydrogen-bond acceptors (Lipinski definition) is 3. The van der Waals surface area contributed by atoms with Crippen molar-refractivity contribution in [2.24, 2.45) is 5.92 Å². The lowest BCUT2D eigenvalue weighted by atomic mass is 10.1. The molecule has 0 fully saturated rings. The van der Waals surface area contributed by atoms with Crippen LogP contribution in [0.15, 0.2) is 18.2 Å². The number of anilines is 1. The molecule has 1 aliphatic heterocycles. The summed E-state index contributed by atoms with van der Waals surface area (Å²) in [5.74, 6) is -0.247. The Labute approximate surface area is 118 Å². The van der Waals surface area contributed by atoms with E-state index < -0.39 is 0 Å². The van der Waals surface area contributed by atoms with Crippen LogP contribution in [0.4, 0.5) is 5.69 Å². The fraction of sp³-hybridized carbons (Fsp3) is 0.400. The molecule has 1 aromatic rings. The second-order valence-corrected chi connectivity index (χ2v) is 5.41. The summed E-state index contributed by atoms with van der Waals surface area (Å²) in [5, 5.41) is 2.76. The predicted molar refractivity (Wildman–Crippen MR) is 75.6 cm³/mol. The van der Waals surface area contributed by atoms with Crippen molar-refractivity contribution in [1.82, 2.24) is 4.90 Å². The van der Waals surface area contributed by atoms with Gasteiger partial charge in [0.2, 0.25) is 5.91 Å². The van der Waals surface area contributed by atoms with Gasteiger partial charge >= 0.3 is 0 Å². The van der Waals surface area contributed by atoms with Crippen molar-refractivity contribution in [3.8, 4) is 0 Å². The highest BCUT2D eigenvalue weighted by Crippen LogP contribution is 2.24. The zero-order valence-corrected chi connectivity index (χ0v) is 11.9. The lowest BCUT2D eigenvalue weighted by Gasteiger charge is -2.07. The molecule has 0 unspecified atom stereocenters. The highest BCUT2D eigenvalue weighted by Gasteiger charge is 2.32. The lowest BCUT2D eigenvalue weighted by Crippen LogP contribution is -2.24. The number of imide groups is 1. The highest BCUT2D eigenvalue weighted by atomic mass is 16.2. The number of carbonyl (C=O) groups is 3. The van der Waals surface area contributed by atoms with Gasteiger partial charge in [0.05, 0.1) is 11.1 Å². The summed E-state index contributed by atoms with van der Waals surface area (Å²) >= 11 is 0. The first kappa shape index (κ1) is 14.2. The smallest absolute Gasteiger partial charge is 0.261 e. The van der Waals surface area contributed by atoms with Crippen molar-refractivity contribution in [3.63, 3.8) is 0 Å². The third-order valence-electron chi connectivity index (χ3n) is 3.32. The maximum Gasteiger partial charge on any atom is 0.261 e. The summed E-state index contributed by atoms with van der Waals surface area (Å²) in [6.45, 7) is 4.12. The van der Waals surface area contributed by atoms with Gasteiger partial charge in [-0.3, -0.25) is 19.3 Å². The van der Waals surface area contributed by atoms with Crippen LogP contribution in [0.2, 0.25) is 0 Å². The molecule has 3 amide bonds. The summed E-state index contributed by atoms with van der Waals surface area (Å²) < 4.78 is 0. The quantitative estimate of drug-likeness (QED) is 0.857. The normalized spacial score (nSPS) is 13.9. The van der Waals surface area contributed by atoms with Crippen LogP contribution < -0.4 is 5.32 Å². The van der Waals surface area contributed by atoms with Gasteiger partial charge in [0.25, 0.3) is 11.8 Å². The number of rotatable bonds is 4. The van der Waals surface area contributed by atoms with E-state index in [9.17, 15) is 14.4 Å². The lowest BCUT2D eigenvalue weighted by molar-refractivity contribution is -0.116. The molecule has 5 heteroatoms. The standard InChI is InChI=1S/C15H18N2O3/c1-9(2)4-7-13(18)16-10-5-6-11-12(8-10)15(20)17(3)14(11)19/h5-6,8-9H,4,7H2,1-3H3,(H,16,18). The van der Waals surface area contributed by atoms with Gasteiger partial charge in [0.1, 0.15) is 0 Å². The van der Waals surface area contributed by atoms with E-state index in [1.54, 1.807) is 18.2 Å². The highest BCUT2D eigenvalue weighted by molar-refractivity contribution is 6.21. The van der Waals surface area contributed by atoms with Crippen molar-refractivity contribution in [2.45, 2.75) is 26.7 Å². The number of benzene rings is 1. The molecule has 2 rings (SSSR count). The van der Waals surface area contributed by atoms with E-state index in [0.717, 1.165) is 11.3 Å².